The van der Waals surface area contributed by atoms with E-state index < -0.39 is 4.92 Å². The minimum absolute atomic E-state index is 0.0937. The smallest absolute Gasteiger partial charge is 0.278 e. The van der Waals surface area contributed by atoms with Crippen LogP contribution in [-0.4, -0.2) is 4.92 Å². The molecule has 0 saturated carbocycles. The summed E-state index contributed by atoms with van der Waals surface area (Å²) in [6.45, 7) is 0. The summed E-state index contributed by atoms with van der Waals surface area (Å²) in [4.78, 5) is 10.3. The van der Waals surface area contributed by atoms with Crippen molar-refractivity contribution in [3.63, 3.8) is 0 Å². The van der Waals surface area contributed by atoms with Crippen molar-refractivity contribution >= 4 is 48.7 Å². The molecule has 0 atom stereocenters. The Morgan fingerprint density at radius 1 is 1.50 bits per heavy atom. The van der Waals surface area contributed by atoms with Gasteiger partial charge >= 0.3 is 0 Å². The maximum absolute atomic E-state index is 10.7. The molecule has 0 aliphatic rings. The zero-order valence-corrected chi connectivity index (χ0v) is 9.26. The lowest BCUT2D eigenvalue weighted by atomic mass is 10.2. The molecule has 0 unspecified atom stereocenters. The van der Waals surface area contributed by atoms with Gasteiger partial charge in [0, 0.05) is 6.07 Å². The summed E-state index contributed by atoms with van der Waals surface area (Å²) in [5, 5.41) is 11.3. The first-order valence-corrected chi connectivity index (χ1v) is 5.32. The van der Waals surface area contributed by atoms with Crippen molar-refractivity contribution in [3.05, 3.63) is 32.1 Å². The summed E-state index contributed by atoms with van der Waals surface area (Å²) in [7, 11) is 0. The maximum atomic E-state index is 10.7. The van der Waals surface area contributed by atoms with Crippen LogP contribution in [0.15, 0.2) is 22.0 Å². The zero-order chi connectivity index (χ0) is 10.3. The Kier molecular flexibility index (Phi) is 2.16. The second-order valence-corrected chi connectivity index (χ2v) is 5.16. The predicted molar refractivity (Wildman–Crippen MR) is 60.6 cm³/mol. The molecular weight excluding hydrogens is 268 g/mol. The molecule has 72 valence electrons. The van der Waals surface area contributed by atoms with Crippen molar-refractivity contribution < 1.29 is 4.92 Å². The highest BCUT2D eigenvalue weighted by molar-refractivity contribution is 9.11. The van der Waals surface area contributed by atoms with Crippen LogP contribution < -0.4 is 5.73 Å². The Morgan fingerprint density at radius 3 is 2.86 bits per heavy atom. The molecule has 0 bridgehead atoms. The Morgan fingerprint density at radius 2 is 2.21 bits per heavy atom. The van der Waals surface area contributed by atoms with Crippen LogP contribution >= 0.6 is 27.3 Å². The number of hydrogen-bond donors (Lipinski definition) is 1. The van der Waals surface area contributed by atoms with Crippen molar-refractivity contribution in [1.29, 1.82) is 0 Å². The van der Waals surface area contributed by atoms with Crippen LogP contribution in [0.2, 0.25) is 0 Å². The lowest BCUT2D eigenvalue weighted by Crippen LogP contribution is -1.90. The number of halogens is 1. The molecule has 0 radical (unpaired) electrons. The Balaban J connectivity index is 2.87. The molecule has 0 aliphatic carbocycles. The number of nitro groups is 1. The average molecular weight is 273 g/mol. The van der Waals surface area contributed by atoms with E-state index in [2.05, 4.69) is 15.9 Å². The summed E-state index contributed by atoms with van der Waals surface area (Å²) in [6.07, 6.45) is 0. The van der Waals surface area contributed by atoms with Gasteiger partial charge in [-0.2, -0.15) is 0 Å². The van der Waals surface area contributed by atoms with Crippen molar-refractivity contribution in [1.82, 2.24) is 0 Å². The monoisotopic (exact) mass is 272 g/mol. The van der Waals surface area contributed by atoms with E-state index in [0.29, 0.717) is 11.1 Å². The molecule has 0 saturated heterocycles. The van der Waals surface area contributed by atoms with Crippen LogP contribution in [0.1, 0.15) is 0 Å². The quantitative estimate of drug-likeness (QED) is 0.493. The largest absolute Gasteiger partial charge is 0.398 e. The summed E-state index contributed by atoms with van der Waals surface area (Å²) in [5.41, 5.74) is 6.37. The minimum Gasteiger partial charge on any atom is -0.398 e. The van der Waals surface area contributed by atoms with Gasteiger partial charge in [0.05, 0.1) is 24.5 Å². The molecule has 6 heteroatoms. The normalized spacial score (nSPS) is 10.6. The molecule has 0 amide bonds. The molecule has 1 aromatic carbocycles. The summed E-state index contributed by atoms with van der Waals surface area (Å²) in [5.74, 6) is 0. The van der Waals surface area contributed by atoms with Gasteiger partial charge in [-0.05, 0) is 28.1 Å². The van der Waals surface area contributed by atoms with Gasteiger partial charge in [0.25, 0.3) is 5.69 Å². The second-order valence-electron chi connectivity index (χ2n) is 2.72. The molecule has 2 aromatic rings. The molecule has 0 fully saturated rings. The fourth-order valence-electron chi connectivity index (χ4n) is 1.26. The van der Waals surface area contributed by atoms with E-state index in [9.17, 15) is 10.1 Å². The third-order valence-electron chi connectivity index (χ3n) is 1.86. The number of nitrogen functional groups attached to an aromatic ring is 1. The number of nitrogens with zero attached hydrogens (tertiary/aromatic N) is 1. The SMILES string of the molecule is Nc1ccc([N+](=O)[O-])c2cc(Br)sc12. The highest BCUT2D eigenvalue weighted by atomic mass is 79.9. The third kappa shape index (κ3) is 1.36. The zero-order valence-electron chi connectivity index (χ0n) is 6.86. The fourth-order valence-corrected chi connectivity index (χ4v) is 2.80. The van der Waals surface area contributed by atoms with Gasteiger partial charge in [-0.25, -0.2) is 0 Å². The van der Waals surface area contributed by atoms with Gasteiger partial charge in [0.15, 0.2) is 0 Å². The second kappa shape index (κ2) is 3.21. The predicted octanol–water partition coefficient (Wildman–Crippen LogP) is 3.15. The molecule has 0 aliphatic heterocycles. The number of rotatable bonds is 1. The van der Waals surface area contributed by atoms with E-state index in [1.54, 1.807) is 12.1 Å². The van der Waals surface area contributed by atoms with Gasteiger partial charge in [-0.3, -0.25) is 10.1 Å². The fraction of sp³-hybridized carbons (Fsp3) is 0. The number of benzene rings is 1. The van der Waals surface area contributed by atoms with Gasteiger partial charge in [-0.1, -0.05) is 0 Å². The lowest BCUT2D eigenvalue weighted by Gasteiger charge is -1.96. The number of nitro benzene ring substituents is 1. The number of thiophene rings is 1. The Bertz CT molecular complexity index is 523. The van der Waals surface area contributed by atoms with E-state index in [4.69, 9.17) is 5.73 Å². The first-order valence-electron chi connectivity index (χ1n) is 3.71. The van der Waals surface area contributed by atoms with Crippen LogP contribution in [0.25, 0.3) is 10.1 Å². The standard InChI is InChI=1S/C8H5BrN2O2S/c9-7-3-4-6(11(12)13)2-1-5(10)8(4)14-7/h1-3H,10H2. The molecule has 2 rings (SSSR count). The highest BCUT2D eigenvalue weighted by Crippen LogP contribution is 2.38. The van der Waals surface area contributed by atoms with Crippen molar-refractivity contribution in [2.45, 2.75) is 0 Å². The first-order chi connectivity index (χ1) is 6.59. The molecule has 2 N–H and O–H groups in total. The van der Waals surface area contributed by atoms with E-state index >= 15 is 0 Å². The van der Waals surface area contributed by atoms with Gasteiger partial charge < -0.3 is 5.73 Å². The van der Waals surface area contributed by atoms with Gasteiger partial charge in [-0.15, -0.1) is 11.3 Å². The van der Waals surface area contributed by atoms with E-state index in [-0.39, 0.29) is 5.69 Å². The minimum atomic E-state index is -0.402. The Labute approximate surface area is 91.6 Å². The first kappa shape index (κ1) is 9.42. The number of hydrogen-bond acceptors (Lipinski definition) is 4. The number of nitrogens with two attached hydrogens (primary N) is 1. The van der Waals surface area contributed by atoms with Crippen LogP contribution in [-0.2, 0) is 0 Å². The van der Waals surface area contributed by atoms with E-state index in [1.807, 2.05) is 0 Å². The van der Waals surface area contributed by atoms with Crippen LogP contribution in [0, 0.1) is 10.1 Å². The molecular formula is C8H5BrN2O2S. The topological polar surface area (TPSA) is 69.2 Å². The molecule has 14 heavy (non-hydrogen) atoms. The van der Waals surface area contributed by atoms with Crippen molar-refractivity contribution in [3.8, 4) is 0 Å². The van der Waals surface area contributed by atoms with Crippen molar-refractivity contribution in [2.24, 2.45) is 0 Å². The highest BCUT2D eigenvalue weighted by Gasteiger charge is 2.15. The van der Waals surface area contributed by atoms with E-state index in [0.717, 1.165) is 8.49 Å². The third-order valence-corrected chi connectivity index (χ3v) is 3.54. The van der Waals surface area contributed by atoms with Crippen LogP contribution in [0.3, 0.4) is 0 Å². The lowest BCUT2D eigenvalue weighted by molar-refractivity contribution is -0.383. The number of anilines is 1. The molecule has 1 aromatic heterocycles. The summed E-state index contributed by atoms with van der Waals surface area (Å²) < 4.78 is 1.60. The van der Waals surface area contributed by atoms with Gasteiger partial charge in [0.1, 0.15) is 0 Å². The van der Waals surface area contributed by atoms with E-state index in [1.165, 1.54) is 17.4 Å². The molecule has 4 nitrogen and oxygen atoms in total. The molecule has 1 heterocycles. The molecule has 0 spiro atoms. The summed E-state index contributed by atoms with van der Waals surface area (Å²) in [6, 6.07) is 4.70. The average Bonchev–Trinajstić information content (AvgIpc) is 2.47. The summed E-state index contributed by atoms with van der Waals surface area (Å²) >= 11 is 4.68. The van der Waals surface area contributed by atoms with Gasteiger partial charge in [0.2, 0.25) is 0 Å². The van der Waals surface area contributed by atoms with Crippen LogP contribution in [0.4, 0.5) is 11.4 Å². The number of fused-ring (bicyclic) bond motifs is 1. The van der Waals surface area contributed by atoms with Crippen molar-refractivity contribution in [2.75, 3.05) is 5.73 Å². The number of non-ortho nitro benzene ring substituents is 1. The maximum Gasteiger partial charge on any atom is 0.278 e. The Hall–Kier alpha value is -1.14. The van der Waals surface area contributed by atoms with Crippen LogP contribution in [0.5, 0.6) is 0 Å².